The fourth-order valence-corrected chi connectivity index (χ4v) is 3.87. The molecule has 0 bridgehead atoms. The standard InChI is InChI=1S/C12H17N3O4S/c1-8-2-4-10(5-3-8)20(18,19)15-7-9(16)6-11(15)12(17)14-13/h2-5,9,11,16H,6-7,13H2,1H3,(H,14,17)/t9?,11-/m1/s1. The maximum Gasteiger partial charge on any atom is 0.252 e. The van der Waals surface area contributed by atoms with Gasteiger partial charge in [0.05, 0.1) is 11.0 Å². The van der Waals surface area contributed by atoms with Crippen LogP contribution in [0.15, 0.2) is 29.2 Å². The number of carbonyl (C=O) groups excluding carboxylic acids is 1. The molecule has 0 aromatic heterocycles. The molecule has 2 atom stereocenters. The summed E-state index contributed by atoms with van der Waals surface area (Å²) in [5, 5.41) is 9.64. The van der Waals surface area contributed by atoms with E-state index in [2.05, 4.69) is 0 Å². The minimum Gasteiger partial charge on any atom is -0.392 e. The van der Waals surface area contributed by atoms with Crippen LogP contribution < -0.4 is 11.3 Å². The number of aliphatic hydroxyl groups is 1. The molecule has 1 amide bonds. The normalized spacial score (nSPS) is 23.8. The van der Waals surface area contributed by atoms with Gasteiger partial charge in [-0.25, -0.2) is 14.3 Å². The molecular formula is C12H17N3O4S. The summed E-state index contributed by atoms with van der Waals surface area (Å²) in [5.41, 5.74) is 2.87. The van der Waals surface area contributed by atoms with Crippen molar-refractivity contribution >= 4 is 15.9 Å². The van der Waals surface area contributed by atoms with E-state index in [-0.39, 0.29) is 17.9 Å². The first-order valence-corrected chi connectivity index (χ1v) is 7.57. The maximum absolute atomic E-state index is 12.5. The van der Waals surface area contributed by atoms with Crippen LogP contribution in [0.3, 0.4) is 0 Å². The molecule has 8 heteroatoms. The van der Waals surface area contributed by atoms with E-state index in [4.69, 9.17) is 5.84 Å². The Morgan fingerprint density at radius 3 is 2.55 bits per heavy atom. The number of carbonyl (C=O) groups is 1. The number of β-amino-alcohol motifs (C(OH)–C–C–N with tert-alkyl or cyclic N) is 1. The van der Waals surface area contributed by atoms with Gasteiger partial charge in [0.1, 0.15) is 6.04 Å². The maximum atomic E-state index is 12.5. The van der Waals surface area contributed by atoms with Crippen LogP contribution in [-0.4, -0.2) is 42.4 Å². The zero-order valence-electron chi connectivity index (χ0n) is 11.0. The lowest BCUT2D eigenvalue weighted by atomic mass is 10.2. The van der Waals surface area contributed by atoms with Crippen molar-refractivity contribution in [3.05, 3.63) is 29.8 Å². The molecule has 0 radical (unpaired) electrons. The average molecular weight is 299 g/mol. The van der Waals surface area contributed by atoms with Crippen LogP contribution in [0.4, 0.5) is 0 Å². The molecule has 0 saturated carbocycles. The Morgan fingerprint density at radius 2 is 2.00 bits per heavy atom. The topological polar surface area (TPSA) is 113 Å². The van der Waals surface area contributed by atoms with Crippen molar-refractivity contribution in [2.75, 3.05) is 6.54 Å². The van der Waals surface area contributed by atoms with Crippen LogP contribution in [0, 0.1) is 6.92 Å². The van der Waals surface area contributed by atoms with Gasteiger partial charge in [0.15, 0.2) is 0 Å². The van der Waals surface area contributed by atoms with Gasteiger partial charge in [-0.05, 0) is 19.1 Å². The lowest BCUT2D eigenvalue weighted by molar-refractivity contribution is -0.124. The number of sulfonamides is 1. The van der Waals surface area contributed by atoms with Crippen molar-refractivity contribution in [3.63, 3.8) is 0 Å². The largest absolute Gasteiger partial charge is 0.392 e. The number of hydrazine groups is 1. The number of amides is 1. The molecule has 1 aromatic carbocycles. The van der Waals surface area contributed by atoms with Gasteiger partial charge < -0.3 is 5.11 Å². The number of nitrogens with one attached hydrogen (secondary N) is 1. The zero-order chi connectivity index (χ0) is 14.9. The summed E-state index contributed by atoms with van der Waals surface area (Å²) < 4.78 is 26.0. The Hall–Kier alpha value is -1.48. The lowest BCUT2D eigenvalue weighted by Gasteiger charge is -2.22. The third kappa shape index (κ3) is 2.68. The molecule has 1 aliphatic heterocycles. The van der Waals surface area contributed by atoms with Crippen LogP contribution in [0.2, 0.25) is 0 Å². The molecule has 1 unspecified atom stereocenters. The van der Waals surface area contributed by atoms with Gasteiger partial charge in [0.25, 0.3) is 5.91 Å². The summed E-state index contributed by atoms with van der Waals surface area (Å²) >= 11 is 0. The fourth-order valence-electron chi connectivity index (χ4n) is 2.23. The second kappa shape index (κ2) is 5.49. The van der Waals surface area contributed by atoms with E-state index in [1.165, 1.54) is 12.1 Å². The van der Waals surface area contributed by atoms with Crippen LogP contribution in [-0.2, 0) is 14.8 Å². The van der Waals surface area contributed by atoms with E-state index < -0.39 is 28.1 Å². The van der Waals surface area contributed by atoms with Crippen LogP contribution >= 0.6 is 0 Å². The van der Waals surface area contributed by atoms with Gasteiger partial charge in [-0.3, -0.25) is 10.2 Å². The summed E-state index contributed by atoms with van der Waals surface area (Å²) in [4.78, 5) is 11.7. The van der Waals surface area contributed by atoms with Crippen LogP contribution in [0.1, 0.15) is 12.0 Å². The second-order valence-corrected chi connectivity index (χ2v) is 6.69. The van der Waals surface area contributed by atoms with Gasteiger partial charge in [-0.1, -0.05) is 17.7 Å². The third-order valence-corrected chi connectivity index (χ3v) is 5.20. The molecule has 1 aromatic rings. The van der Waals surface area contributed by atoms with Gasteiger partial charge in [0, 0.05) is 13.0 Å². The fraction of sp³-hybridized carbons (Fsp3) is 0.417. The number of hydrogen-bond acceptors (Lipinski definition) is 5. The monoisotopic (exact) mass is 299 g/mol. The Morgan fingerprint density at radius 1 is 1.40 bits per heavy atom. The van der Waals surface area contributed by atoms with Gasteiger partial charge in [0.2, 0.25) is 10.0 Å². The number of benzene rings is 1. The minimum absolute atomic E-state index is 0.0358. The SMILES string of the molecule is Cc1ccc(S(=O)(=O)N2CC(O)C[C@@H]2C(=O)NN)cc1. The smallest absolute Gasteiger partial charge is 0.252 e. The molecule has 7 nitrogen and oxygen atoms in total. The highest BCUT2D eigenvalue weighted by atomic mass is 32.2. The Balaban J connectivity index is 2.37. The number of aryl methyl sites for hydroxylation is 1. The molecule has 110 valence electrons. The summed E-state index contributed by atoms with van der Waals surface area (Å²) in [6, 6.07) is 5.33. The molecule has 1 fully saturated rings. The van der Waals surface area contributed by atoms with E-state index in [0.717, 1.165) is 9.87 Å². The quantitative estimate of drug-likeness (QED) is 0.381. The molecule has 2 rings (SSSR count). The molecule has 1 saturated heterocycles. The van der Waals surface area contributed by atoms with Crippen LogP contribution in [0.5, 0.6) is 0 Å². The van der Waals surface area contributed by atoms with E-state index in [9.17, 15) is 18.3 Å². The predicted octanol–water partition coefficient (Wildman–Crippen LogP) is -0.891. The number of aliphatic hydroxyl groups excluding tert-OH is 1. The molecule has 1 aliphatic rings. The minimum atomic E-state index is -3.84. The average Bonchev–Trinajstić information content (AvgIpc) is 2.81. The summed E-state index contributed by atoms with van der Waals surface area (Å²) in [7, 11) is -3.84. The summed E-state index contributed by atoms with van der Waals surface area (Å²) in [6.45, 7) is 1.73. The molecule has 1 heterocycles. The van der Waals surface area contributed by atoms with Gasteiger partial charge >= 0.3 is 0 Å². The molecule has 0 aliphatic carbocycles. The number of rotatable bonds is 3. The van der Waals surface area contributed by atoms with Crippen molar-refractivity contribution in [2.45, 2.75) is 30.4 Å². The molecule has 0 spiro atoms. The Kier molecular flexibility index (Phi) is 4.09. The van der Waals surface area contributed by atoms with Crippen molar-refractivity contribution in [3.8, 4) is 0 Å². The van der Waals surface area contributed by atoms with Crippen molar-refractivity contribution in [1.29, 1.82) is 0 Å². The van der Waals surface area contributed by atoms with Crippen LogP contribution in [0.25, 0.3) is 0 Å². The molecule has 4 N–H and O–H groups in total. The van der Waals surface area contributed by atoms with Crippen molar-refractivity contribution < 1.29 is 18.3 Å². The predicted molar refractivity (Wildman–Crippen MR) is 71.8 cm³/mol. The summed E-state index contributed by atoms with van der Waals surface area (Å²) in [6.07, 6.45) is -0.841. The first-order valence-electron chi connectivity index (χ1n) is 6.13. The highest BCUT2D eigenvalue weighted by Gasteiger charge is 2.43. The van der Waals surface area contributed by atoms with E-state index in [0.29, 0.717) is 0 Å². The van der Waals surface area contributed by atoms with Gasteiger partial charge in [-0.2, -0.15) is 4.31 Å². The Labute approximate surface area is 117 Å². The third-order valence-electron chi connectivity index (χ3n) is 3.31. The first-order chi connectivity index (χ1) is 9.36. The molecular weight excluding hydrogens is 282 g/mol. The lowest BCUT2D eigenvalue weighted by Crippen LogP contribution is -2.47. The molecule has 20 heavy (non-hydrogen) atoms. The zero-order valence-corrected chi connectivity index (χ0v) is 11.8. The summed E-state index contributed by atoms with van der Waals surface area (Å²) in [5.74, 6) is 4.43. The van der Waals surface area contributed by atoms with E-state index in [1.54, 1.807) is 12.1 Å². The highest BCUT2D eigenvalue weighted by Crippen LogP contribution is 2.26. The number of nitrogens with two attached hydrogens (primary N) is 1. The van der Waals surface area contributed by atoms with Crippen molar-refractivity contribution in [2.24, 2.45) is 5.84 Å². The first kappa shape index (κ1) is 14.9. The van der Waals surface area contributed by atoms with Gasteiger partial charge in [-0.15, -0.1) is 0 Å². The second-order valence-electron chi connectivity index (χ2n) is 4.80. The number of hydrogen-bond donors (Lipinski definition) is 3. The highest BCUT2D eigenvalue weighted by molar-refractivity contribution is 7.89. The Bertz CT molecular complexity index is 600. The van der Waals surface area contributed by atoms with E-state index >= 15 is 0 Å². The number of nitrogens with zero attached hydrogens (tertiary/aromatic N) is 1. The van der Waals surface area contributed by atoms with Crippen molar-refractivity contribution in [1.82, 2.24) is 9.73 Å². The van der Waals surface area contributed by atoms with E-state index in [1.807, 2.05) is 12.3 Å².